The summed E-state index contributed by atoms with van der Waals surface area (Å²) in [6, 6.07) is 6.96. The topological polar surface area (TPSA) is 66.5 Å². The lowest BCUT2D eigenvalue weighted by atomic mass is 10.1. The molecular formula is C14H19ClN2O3S. The van der Waals surface area contributed by atoms with Crippen LogP contribution in [0.25, 0.3) is 0 Å². The molecule has 0 radical (unpaired) electrons. The van der Waals surface area contributed by atoms with Crippen LogP contribution < -0.4 is 5.32 Å². The molecule has 0 aliphatic carbocycles. The summed E-state index contributed by atoms with van der Waals surface area (Å²) in [5, 5.41) is 3.83. The van der Waals surface area contributed by atoms with Crippen molar-refractivity contribution in [2.24, 2.45) is 0 Å². The van der Waals surface area contributed by atoms with E-state index in [1.165, 1.54) is 6.26 Å². The van der Waals surface area contributed by atoms with Crippen LogP contribution in [0.4, 0.5) is 0 Å². The first-order valence-electron chi connectivity index (χ1n) is 6.81. The number of nitrogens with one attached hydrogen (secondary N) is 1. The molecule has 21 heavy (non-hydrogen) atoms. The number of amides is 1. The predicted molar refractivity (Wildman–Crippen MR) is 82.8 cm³/mol. The molecule has 1 N–H and O–H groups in total. The van der Waals surface area contributed by atoms with Crippen LogP contribution in [0, 0.1) is 0 Å². The number of hydrogen-bond donors (Lipinski definition) is 1. The largest absolute Gasteiger partial charge is 0.321 e. The standard InChI is InChI=1S/C14H19ClN2O3S/c1-3-12-14(18)17(7-8-21(2,19)20)13(16-12)10-5-4-6-11(15)9-10/h4-6,9,12-13,16H,3,7-8H2,1-2H3. The van der Waals surface area contributed by atoms with Crippen molar-refractivity contribution >= 4 is 27.3 Å². The Balaban J connectivity index is 2.26. The summed E-state index contributed by atoms with van der Waals surface area (Å²) in [4.78, 5) is 13.9. The van der Waals surface area contributed by atoms with Gasteiger partial charge < -0.3 is 4.90 Å². The van der Waals surface area contributed by atoms with Gasteiger partial charge in [0.05, 0.1) is 11.8 Å². The normalized spacial score (nSPS) is 22.8. The molecule has 5 nitrogen and oxygen atoms in total. The van der Waals surface area contributed by atoms with Crippen molar-refractivity contribution in [3.05, 3.63) is 34.9 Å². The summed E-state index contributed by atoms with van der Waals surface area (Å²) >= 11 is 6.00. The van der Waals surface area contributed by atoms with Crippen molar-refractivity contribution in [3.63, 3.8) is 0 Å². The highest BCUT2D eigenvalue weighted by Crippen LogP contribution is 2.27. The van der Waals surface area contributed by atoms with Crippen molar-refractivity contribution in [2.75, 3.05) is 18.6 Å². The molecule has 1 aliphatic rings. The lowest BCUT2D eigenvalue weighted by Gasteiger charge is -2.24. The average Bonchev–Trinajstić information content (AvgIpc) is 2.72. The fourth-order valence-electron chi connectivity index (χ4n) is 2.43. The first kappa shape index (κ1) is 16.3. The molecule has 1 fully saturated rings. The zero-order valence-electron chi connectivity index (χ0n) is 12.0. The Morgan fingerprint density at radius 3 is 2.67 bits per heavy atom. The fraction of sp³-hybridized carbons (Fsp3) is 0.500. The molecule has 1 aliphatic heterocycles. The van der Waals surface area contributed by atoms with Crippen molar-refractivity contribution in [1.82, 2.24) is 10.2 Å². The Morgan fingerprint density at radius 1 is 1.38 bits per heavy atom. The van der Waals surface area contributed by atoms with E-state index in [1.807, 2.05) is 19.1 Å². The molecule has 0 saturated carbocycles. The quantitative estimate of drug-likeness (QED) is 0.890. The van der Waals surface area contributed by atoms with Crippen molar-refractivity contribution in [1.29, 1.82) is 0 Å². The van der Waals surface area contributed by atoms with Crippen LogP contribution in [-0.4, -0.2) is 43.8 Å². The summed E-state index contributed by atoms with van der Waals surface area (Å²) in [7, 11) is -3.12. The van der Waals surface area contributed by atoms with Crippen molar-refractivity contribution in [3.8, 4) is 0 Å². The molecule has 1 aromatic rings. The molecule has 116 valence electrons. The van der Waals surface area contributed by atoms with Gasteiger partial charge in [-0.15, -0.1) is 0 Å². The predicted octanol–water partition coefficient (Wildman–Crippen LogP) is 1.59. The van der Waals surface area contributed by atoms with E-state index < -0.39 is 9.84 Å². The van der Waals surface area contributed by atoms with Gasteiger partial charge in [0, 0.05) is 17.8 Å². The van der Waals surface area contributed by atoms with Crippen LogP contribution in [0.5, 0.6) is 0 Å². The third-order valence-electron chi connectivity index (χ3n) is 3.53. The number of hydrogen-bond acceptors (Lipinski definition) is 4. The Bertz CT molecular complexity index is 633. The molecule has 2 rings (SSSR count). The average molecular weight is 331 g/mol. The fourth-order valence-corrected chi connectivity index (χ4v) is 3.16. The maximum atomic E-state index is 12.4. The lowest BCUT2D eigenvalue weighted by Crippen LogP contribution is -2.34. The summed E-state index contributed by atoms with van der Waals surface area (Å²) in [5.74, 6) is -0.111. The highest BCUT2D eigenvalue weighted by atomic mass is 35.5. The third-order valence-corrected chi connectivity index (χ3v) is 4.69. The molecule has 2 unspecified atom stereocenters. The van der Waals surface area contributed by atoms with E-state index in [0.717, 1.165) is 5.56 Å². The van der Waals surface area contributed by atoms with Crippen molar-refractivity contribution < 1.29 is 13.2 Å². The Hall–Kier alpha value is -1.11. The SMILES string of the molecule is CCC1NC(c2cccc(Cl)c2)N(CCS(C)(=O)=O)C1=O. The van der Waals surface area contributed by atoms with E-state index in [-0.39, 0.29) is 30.4 Å². The number of benzene rings is 1. The van der Waals surface area contributed by atoms with Gasteiger partial charge in [-0.25, -0.2) is 8.42 Å². The van der Waals surface area contributed by atoms with Gasteiger partial charge in [0.1, 0.15) is 16.0 Å². The van der Waals surface area contributed by atoms with Crippen LogP contribution in [0.1, 0.15) is 25.1 Å². The van der Waals surface area contributed by atoms with Crippen LogP contribution in [0.15, 0.2) is 24.3 Å². The molecule has 0 aromatic heterocycles. The van der Waals surface area contributed by atoms with Gasteiger partial charge >= 0.3 is 0 Å². The molecule has 7 heteroatoms. The molecular weight excluding hydrogens is 312 g/mol. The van der Waals surface area contributed by atoms with Crippen LogP contribution in [-0.2, 0) is 14.6 Å². The first-order chi connectivity index (χ1) is 9.81. The van der Waals surface area contributed by atoms with E-state index >= 15 is 0 Å². The smallest absolute Gasteiger partial charge is 0.241 e. The van der Waals surface area contributed by atoms with E-state index in [4.69, 9.17) is 11.6 Å². The van der Waals surface area contributed by atoms with Gasteiger partial charge in [-0.05, 0) is 24.1 Å². The number of rotatable bonds is 5. The maximum absolute atomic E-state index is 12.4. The highest BCUT2D eigenvalue weighted by molar-refractivity contribution is 7.90. The van der Waals surface area contributed by atoms with Gasteiger partial charge in [-0.2, -0.15) is 0 Å². The summed E-state index contributed by atoms with van der Waals surface area (Å²) in [5.41, 5.74) is 0.861. The second-order valence-corrected chi connectivity index (χ2v) is 7.94. The van der Waals surface area contributed by atoms with E-state index in [1.54, 1.807) is 17.0 Å². The molecule has 1 aromatic carbocycles. The van der Waals surface area contributed by atoms with E-state index in [0.29, 0.717) is 11.4 Å². The van der Waals surface area contributed by atoms with Gasteiger partial charge in [0.25, 0.3) is 0 Å². The summed E-state index contributed by atoms with van der Waals surface area (Å²) < 4.78 is 22.7. The monoisotopic (exact) mass is 330 g/mol. The number of carbonyl (C=O) groups excluding carboxylic acids is 1. The number of nitrogens with zero attached hydrogens (tertiary/aromatic N) is 1. The molecule has 1 saturated heterocycles. The second-order valence-electron chi connectivity index (χ2n) is 5.25. The summed E-state index contributed by atoms with van der Waals surface area (Å²) in [6.45, 7) is 2.10. The van der Waals surface area contributed by atoms with Crippen molar-refractivity contribution in [2.45, 2.75) is 25.6 Å². The Morgan fingerprint density at radius 2 is 2.10 bits per heavy atom. The Kier molecular flexibility index (Phi) is 4.91. The molecule has 0 spiro atoms. The number of carbonyl (C=O) groups is 1. The highest BCUT2D eigenvalue weighted by Gasteiger charge is 2.38. The van der Waals surface area contributed by atoms with Crippen LogP contribution >= 0.6 is 11.6 Å². The van der Waals surface area contributed by atoms with Gasteiger partial charge in [0.15, 0.2) is 0 Å². The van der Waals surface area contributed by atoms with Gasteiger partial charge in [-0.3, -0.25) is 10.1 Å². The lowest BCUT2D eigenvalue weighted by molar-refractivity contribution is -0.129. The zero-order valence-corrected chi connectivity index (χ0v) is 13.6. The van der Waals surface area contributed by atoms with Crippen LogP contribution in [0.3, 0.4) is 0 Å². The minimum atomic E-state index is -3.12. The summed E-state index contributed by atoms with van der Waals surface area (Å²) in [6.07, 6.45) is 1.50. The van der Waals surface area contributed by atoms with Crippen LogP contribution in [0.2, 0.25) is 5.02 Å². The molecule has 0 bridgehead atoms. The molecule has 1 heterocycles. The van der Waals surface area contributed by atoms with E-state index in [9.17, 15) is 13.2 Å². The first-order valence-corrected chi connectivity index (χ1v) is 9.25. The molecule has 2 atom stereocenters. The Labute approximate surface area is 130 Å². The minimum Gasteiger partial charge on any atom is -0.321 e. The van der Waals surface area contributed by atoms with Gasteiger partial charge in [0.2, 0.25) is 5.91 Å². The third kappa shape index (κ3) is 3.96. The minimum absolute atomic E-state index is 0.0477. The molecule has 1 amide bonds. The van der Waals surface area contributed by atoms with Gasteiger partial charge in [-0.1, -0.05) is 30.7 Å². The van der Waals surface area contributed by atoms with E-state index in [2.05, 4.69) is 5.32 Å². The maximum Gasteiger partial charge on any atom is 0.241 e. The second kappa shape index (κ2) is 6.34. The number of halogens is 1. The zero-order chi connectivity index (χ0) is 15.6. The number of sulfone groups is 1.